The van der Waals surface area contributed by atoms with Crippen molar-refractivity contribution < 1.29 is 13.2 Å². The lowest BCUT2D eigenvalue weighted by atomic mass is 10.2. The van der Waals surface area contributed by atoms with E-state index in [-0.39, 0.29) is 11.8 Å². The van der Waals surface area contributed by atoms with Gasteiger partial charge < -0.3 is 10.1 Å². The lowest BCUT2D eigenvalue weighted by Gasteiger charge is -2.17. The van der Waals surface area contributed by atoms with Gasteiger partial charge in [-0.25, -0.2) is 8.42 Å². The molecule has 0 aromatic heterocycles. The van der Waals surface area contributed by atoms with Crippen molar-refractivity contribution in [2.45, 2.75) is 32.7 Å². The second-order valence-corrected chi connectivity index (χ2v) is 6.01. The third kappa shape index (κ3) is 10.2. The molecule has 0 spiro atoms. The summed E-state index contributed by atoms with van der Waals surface area (Å²) < 4.78 is 27.4. The van der Waals surface area contributed by atoms with E-state index in [4.69, 9.17) is 4.74 Å². The molecule has 0 aromatic rings. The van der Waals surface area contributed by atoms with Crippen LogP contribution in [0, 0.1) is 0 Å². The van der Waals surface area contributed by atoms with Gasteiger partial charge in [0.25, 0.3) is 0 Å². The average Bonchev–Trinajstić information content (AvgIpc) is 2.13. The van der Waals surface area contributed by atoms with E-state index in [0.29, 0.717) is 13.0 Å². The van der Waals surface area contributed by atoms with Gasteiger partial charge in [0.05, 0.1) is 12.4 Å². The Bertz CT molecular complexity index is 239. The van der Waals surface area contributed by atoms with E-state index in [0.717, 1.165) is 19.6 Å². The van der Waals surface area contributed by atoms with Crippen LogP contribution in [-0.4, -0.2) is 46.2 Å². The second-order valence-electron chi connectivity index (χ2n) is 3.75. The Labute approximate surface area is 93.3 Å². The maximum Gasteiger partial charge on any atom is 0.147 e. The molecular weight excluding hydrogens is 214 g/mol. The second kappa shape index (κ2) is 8.07. The standard InChI is InChI=1S/C10H23NO3S/c1-4-7-14-9-10(11-5-2)6-8-15(3,12)13/h10-11H,4-9H2,1-3H3. The topological polar surface area (TPSA) is 55.4 Å². The predicted molar refractivity (Wildman–Crippen MR) is 62.9 cm³/mol. The molecule has 4 nitrogen and oxygen atoms in total. The maximum absolute atomic E-state index is 11.0. The molecule has 0 heterocycles. The van der Waals surface area contributed by atoms with E-state index in [2.05, 4.69) is 12.2 Å². The van der Waals surface area contributed by atoms with Crippen LogP contribution >= 0.6 is 0 Å². The highest BCUT2D eigenvalue weighted by Gasteiger charge is 2.11. The molecule has 0 fully saturated rings. The van der Waals surface area contributed by atoms with Gasteiger partial charge in [0.15, 0.2) is 0 Å². The molecule has 0 radical (unpaired) electrons. The maximum atomic E-state index is 11.0. The van der Waals surface area contributed by atoms with Crippen LogP contribution in [0.25, 0.3) is 0 Å². The molecule has 0 rings (SSSR count). The summed E-state index contributed by atoms with van der Waals surface area (Å²) in [5, 5.41) is 3.22. The SMILES string of the molecule is CCCOCC(CCS(C)(=O)=O)NCC. The average molecular weight is 237 g/mol. The number of likely N-dealkylation sites (N-methyl/N-ethyl adjacent to an activating group) is 1. The lowest BCUT2D eigenvalue weighted by Crippen LogP contribution is -2.35. The molecule has 0 saturated heterocycles. The van der Waals surface area contributed by atoms with Crippen molar-refractivity contribution in [3.05, 3.63) is 0 Å². The van der Waals surface area contributed by atoms with Crippen molar-refractivity contribution in [2.75, 3.05) is 31.8 Å². The highest BCUT2D eigenvalue weighted by atomic mass is 32.2. The van der Waals surface area contributed by atoms with Crippen LogP contribution in [0.1, 0.15) is 26.7 Å². The van der Waals surface area contributed by atoms with Crippen molar-refractivity contribution in [3.63, 3.8) is 0 Å². The molecule has 0 aliphatic heterocycles. The fourth-order valence-corrected chi connectivity index (χ4v) is 1.97. The van der Waals surface area contributed by atoms with Gasteiger partial charge in [-0.2, -0.15) is 0 Å². The van der Waals surface area contributed by atoms with Crippen LogP contribution < -0.4 is 5.32 Å². The summed E-state index contributed by atoms with van der Waals surface area (Å²) >= 11 is 0. The van der Waals surface area contributed by atoms with Gasteiger partial charge in [0, 0.05) is 18.9 Å². The van der Waals surface area contributed by atoms with E-state index >= 15 is 0 Å². The molecule has 1 N–H and O–H groups in total. The Balaban J connectivity index is 3.82. The van der Waals surface area contributed by atoms with Gasteiger partial charge in [-0.1, -0.05) is 13.8 Å². The van der Waals surface area contributed by atoms with Crippen LogP contribution in [-0.2, 0) is 14.6 Å². The Morgan fingerprint density at radius 2 is 2.00 bits per heavy atom. The first kappa shape index (κ1) is 14.9. The summed E-state index contributed by atoms with van der Waals surface area (Å²) in [6.45, 7) is 6.23. The predicted octanol–water partition coefficient (Wildman–Crippen LogP) is 0.826. The molecule has 0 bridgehead atoms. The molecule has 0 amide bonds. The largest absolute Gasteiger partial charge is 0.380 e. The van der Waals surface area contributed by atoms with E-state index in [1.165, 1.54) is 6.26 Å². The fourth-order valence-electron chi connectivity index (χ4n) is 1.26. The van der Waals surface area contributed by atoms with Crippen LogP contribution in [0.3, 0.4) is 0 Å². The number of nitrogens with one attached hydrogen (secondary N) is 1. The first-order chi connectivity index (χ1) is 6.99. The van der Waals surface area contributed by atoms with Crippen molar-refractivity contribution in [2.24, 2.45) is 0 Å². The summed E-state index contributed by atoms with van der Waals surface area (Å²) in [6.07, 6.45) is 2.88. The molecule has 0 saturated carbocycles. The zero-order valence-electron chi connectivity index (χ0n) is 9.95. The van der Waals surface area contributed by atoms with Crippen LogP contribution in [0.15, 0.2) is 0 Å². The Morgan fingerprint density at radius 1 is 1.33 bits per heavy atom. The molecule has 92 valence electrons. The van der Waals surface area contributed by atoms with Gasteiger partial charge >= 0.3 is 0 Å². The molecule has 0 aliphatic rings. The quantitative estimate of drug-likeness (QED) is 0.603. The molecule has 0 aliphatic carbocycles. The monoisotopic (exact) mass is 237 g/mol. The summed E-state index contributed by atoms with van der Waals surface area (Å²) in [4.78, 5) is 0. The van der Waals surface area contributed by atoms with Crippen molar-refractivity contribution >= 4 is 9.84 Å². The first-order valence-electron chi connectivity index (χ1n) is 5.48. The smallest absolute Gasteiger partial charge is 0.147 e. The minimum atomic E-state index is -2.86. The molecule has 15 heavy (non-hydrogen) atoms. The normalized spacial score (nSPS) is 14.1. The van der Waals surface area contributed by atoms with Crippen molar-refractivity contribution in [3.8, 4) is 0 Å². The van der Waals surface area contributed by atoms with Crippen LogP contribution in [0.5, 0.6) is 0 Å². The summed E-state index contributed by atoms with van der Waals surface area (Å²) in [5.74, 6) is 0.222. The molecule has 5 heteroatoms. The minimum absolute atomic E-state index is 0.149. The molecule has 1 unspecified atom stereocenters. The molecule has 1 atom stereocenters. The van der Waals surface area contributed by atoms with Crippen LogP contribution in [0.2, 0.25) is 0 Å². The van der Waals surface area contributed by atoms with Crippen molar-refractivity contribution in [1.82, 2.24) is 5.32 Å². The van der Waals surface area contributed by atoms with E-state index in [9.17, 15) is 8.42 Å². The zero-order valence-corrected chi connectivity index (χ0v) is 10.8. The number of ether oxygens (including phenoxy) is 1. The Kier molecular flexibility index (Phi) is 8.00. The van der Waals surface area contributed by atoms with Crippen molar-refractivity contribution in [1.29, 1.82) is 0 Å². The van der Waals surface area contributed by atoms with E-state index in [1.807, 2.05) is 6.92 Å². The third-order valence-electron chi connectivity index (χ3n) is 2.00. The minimum Gasteiger partial charge on any atom is -0.380 e. The first-order valence-corrected chi connectivity index (χ1v) is 7.54. The Morgan fingerprint density at radius 3 is 2.47 bits per heavy atom. The number of sulfone groups is 1. The number of hydrogen-bond donors (Lipinski definition) is 1. The fraction of sp³-hybridized carbons (Fsp3) is 1.00. The summed E-state index contributed by atoms with van der Waals surface area (Å²) in [7, 11) is -2.86. The highest BCUT2D eigenvalue weighted by molar-refractivity contribution is 7.90. The van der Waals surface area contributed by atoms with E-state index < -0.39 is 9.84 Å². The van der Waals surface area contributed by atoms with Gasteiger partial charge in [0.1, 0.15) is 9.84 Å². The number of rotatable bonds is 9. The van der Waals surface area contributed by atoms with Gasteiger partial charge in [-0.05, 0) is 19.4 Å². The number of hydrogen-bond acceptors (Lipinski definition) is 4. The van der Waals surface area contributed by atoms with Gasteiger partial charge in [0.2, 0.25) is 0 Å². The third-order valence-corrected chi connectivity index (χ3v) is 2.97. The summed E-state index contributed by atoms with van der Waals surface area (Å²) in [6, 6.07) is 0.149. The lowest BCUT2D eigenvalue weighted by molar-refractivity contribution is 0.111. The molecule has 0 aromatic carbocycles. The van der Waals surface area contributed by atoms with Gasteiger partial charge in [-0.3, -0.25) is 0 Å². The van der Waals surface area contributed by atoms with Gasteiger partial charge in [-0.15, -0.1) is 0 Å². The highest BCUT2D eigenvalue weighted by Crippen LogP contribution is 1.98. The zero-order chi connectivity index (χ0) is 11.7. The summed E-state index contributed by atoms with van der Waals surface area (Å²) in [5.41, 5.74) is 0. The Hall–Kier alpha value is -0.130. The van der Waals surface area contributed by atoms with Crippen LogP contribution in [0.4, 0.5) is 0 Å². The van der Waals surface area contributed by atoms with E-state index in [1.54, 1.807) is 0 Å². The molecular formula is C10H23NO3S.